The molecule has 0 amide bonds. The molecule has 0 aromatic heterocycles. The molecule has 1 aliphatic rings. The molecule has 5 heteroatoms. The van der Waals surface area contributed by atoms with Crippen LogP contribution in [-0.2, 0) is 10.1 Å². The Morgan fingerprint density at radius 3 is 2.33 bits per heavy atom. The minimum Gasteiger partial charge on any atom is -0.330 e. The molecule has 3 N–H and O–H groups in total. The van der Waals surface area contributed by atoms with Crippen LogP contribution in [0.5, 0.6) is 0 Å². The summed E-state index contributed by atoms with van der Waals surface area (Å²) in [5, 5.41) is -0.567. The van der Waals surface area contributed by atoms with Gasteiger partial charge in [0.05, 0.1) is 5.25 Å². The molecule has 0 aliphatic heterocycles. The molecule has 0 saturated heterocycles. The summed E-state index contributed by atoms with van der Waals surface area (Å²) in [5.74, 6) is -0.000000000000000222. The van der Waals surface area contributed by atoms with Gasteiger partial charge in [-0.3, -0.25) is 4.55 Å². The monoisotopic (exact) mass is 151 g/mol. The first kappa shape index (κ1) is 6.98. The maximum atomic E-state index is 10.3. The Bertz CT molecular complexity index is 198. The molecule has 9 heavy (non-hydrogen) atoms. The van der Waals surface area contributed by atoms with Gasteiger partial charge in [0, 0.05) is 0 Å². The third-order valence-electron chi connectivity index (χ3n) is 1.54. The van der Waals surface area contributed by atoms with Crippen LogP contribution in [0.1, 0.15) is 6.42 Å². The van der Waals surface area contributed by atoms with E-state index in [0.717, 1.165) is 0 Å². The quantitative estimate of drug-likeness (QED) is 0.507. The first-order valence-corrected chi connectivity index (χ1v) is 4.22. The Hall–Kier alpha value is -0.130. The van der Waals surface area contributed by atoms with E-state index >= 15 is 0 Å². The molecule has 2 atom stereocenters. The van der Waals surface area contributed by atoms with Crippen LogP contribution in [0.2, 0.25) is 0 Å². The zero-order chi connectivity index (χ0) is 7.07. The van der Waals surface area contributed by atoms with Crippen molar-refractivity contribution in [2.75, 3.05) is 6.54 Å². The van der Waals surface area contributed by atoms with Crippen LogP contribution >= 0.6 is 0 Å². The van der Waals surface area contributed by atoms with E-state index in [9.17, 15) is 8.42 Å². The molecule has 0 aromatic carbocycles. The Balaban J connectivity index is 2.53. The molecule has 1 aliphatic carbocycles. The average Bonchev–Trinajstić information content (AvgIpc) is 2.39. The predicted octanol–water partition coefficient (Wildman–Crippen LogP) is -0.779. The van der Waals surface area contributed by atoms with E-state index in [0.29, 0.717) is 13.0 Å². The second kappa shape index (κ2) is 1.93. The minimum atomic E-state index is -3.77. The molecule has 1 saturated carbocycles. The molecular weight excluding hydrogens is 142 g/mol. The Kier molecular flexibility index (Phi) is 1.50. The molecule has 1 rings (SSSR count). The second-order valence-electron chi connectivity index (χ2n) is 2.28. The van der Waals surface area contributed by atoms with Gasteiger partial charge in [-0.2, -0.15) is 8.42 Å². The standard InChI is InChI=1S/C4H9NO3S/c5-2-3-1-4(3)9(6,7)8/h3-4H,1-2,5H2,(H,6,7,8)/t3-,4+/m0/s1. The highest BCUT2D eigenvalue weighted by atomic mass is 32.2. The van der Waals surface area contributed by atoms with E-state index in [-0.39, 0.29) is 5.92 Å². The summed E-state index contributed by atoms with van der Waals surface area (Å²) in [6.45, 7) is 0.352. The summed E-state index contributed by atoms with van der Waals surface area (Å²) in [5.41, 5.74) is 5.15. The highest BCUT2D eigenvalue weighted by molar-refractivity contribution is 7.86. The SMILES string of the molecule is NC[C@@H]1C[C@H]1S(=O)(=O)O. The van der Waals surface area contributed by atoms with Crippen molar-refractivity contribution in [3.8, 4) is 0 Å². The third kappa shape index (κ3) is 1.41. The lowest BCUT2D eigenvalue weighted by atomic mass is 10.4. The summed E-state index contributed by atoms with van der Waals surface area (Å²) >= 11 is 0. The summed E-state index contributed by atoms with van der Waals surface area (Å²) in [6.07, 6.45) is 0.523. The molecular formula is C4H9NO3S. The largest absolute Gasteiger partial charge is 0.330 e. The number of nitrogens with two attached hydrogens (primary N) is 1. The Morgan fingerprint density at radius 1 is 1.67 bits per heavy atom. The first-order valence-electron chi connectivity index (χ1n) is 2.72. The van der Waals surface area contributed by atoms with E-state index in [1.807, 2.05) is 0 Å². The van der Waals surface area contributed by atoms with Gasteiger partial charge in [0.1, 0.15) is 0 Å². The summed E-state index contributed by atoms with van der Waals surface area (Å²) in [4.78, 5) is 0. The maximum absolute atomic E-state index is 10.3. The van der Waals surface area contributed by atoms with Gasteiger partial charge in [-0.15, -0.1) is 0 Å². The smallest absolute Gasteiger partial charge is 0.268 e. The van der Waals surface area contributed by atoms with Crippen LogP contribution in [0.15, 0.2) is 0 Å². The van der Waals surface area contributed by atoms with Crippen molar-refractivity contribution in [1.29, 1.82) is 0 Å². The topological polar surface area (TPSA) is 80.4 Å². The lowest BCUT2D eigenvalue weighted by Gasteiger charge is -1.89. The van der Waals surface area contributed by atoms with E-state index in [1.54, 1.807) is 0 Å². The fourth-order valence-corrected chi connectivity index (χ4v) is 1.92. The lowest BCUT2D eigenvalue weighted by Crippen LogP contribution is -2.11. The van der Waals surface area contributed by atoms with Crippen molar-refractivity contribution < 1.29 is 13.0 Å². The van der Waals surface area contributed by atoms with Gasteiger partial charge >= 0.3 is 0 Å². The zero-order valence-corrected chi connectivity index (χ0v) is 5.63. The molecule has 0 spiro atoms. The normalized spacial score (nSPS) is 34.4. The maximum Gasteiger partial charge on any atom is 0.268 e. The van der Waals surface area contributed by atoms with Gasteiger partial charge in [-0.05, 0) is 18.9 Å². The molecule has 0 aromatic rings. The van der Waals surface area contributed by atoms with Crippen molar-refractivity contribution >= 4 is 10.1 Å². The summed E-state index contributed by atoms with van der Waals surface area (Å²) in [7, 11) is -3.77. The number of rotatable bonds is 2. The van der Waals surface area contributed by atoms with Gasteiger partial charge in [0.25, 0.3) is 10.1 Å². The minimum absolute atomic E-state index is 0.000000000000000222. The molecule has 0 radical (unpaired) electrons. The van der Waals surface area contributed by atoms with Crippen LogP contribution in [0.3, 0.4) is 0 Å². The fourth-order valence-electron chi connectivity index (χ4n) is 0.833. The van der Waals surface area contributed by atoms with Crippen molar-refractivity contribution in [3.05, 3.63) is 0 Å². The van der Waals surface area contributed by atoms with Gasteiger partial charge in [-0.25, -0.2) is 0 Å². The molecule has 4 nitrogen and oxygen atoms in total. The zero-order valence-electron chi connectivity index (χ0n) is 4.82. The highest BCUT2D eigenvalue weighted by Gasteiger charge is 2.45. The van der Waals surface area contributed by atoms with Crippen LogP contribution in [0, 0.1) is 5.92 Å². The van der Waals surface area contributed by atoms with Crippen molar-refractivity contribution in [3.63, 3.8) is 0 Å². The molecule has 1 fully saturated rings. The summed E-state index contributed by atoms with van der Waals surface area (Å²) in [6, 6.07) is 0. The predicted molar refractivity (Wildman–Crippen MR) is 32.5 cm³/mol. The highest BCUT2D eigenvalue weighted by Crippen LogP contribution is 2.35. The fraction of sp³-hybridized carbons (Fsp3) is 1.00. The average molecular weight is 151 g/mol. The van der Waals surface area contributed by atoms with E-state index in [2.05, 4.69) is 0 Å². The summed E-state index contributed by atoms with van der Waals surface area (Å²) < 4.78 is 28.9. The lowest BCUT2D eigenvalue weighted by molar-refractivity contribution is 0.479. The number of hydrogen-bond donors (Lipinski definition) is 2. The van der Waals surface area contributed by atoms with Gasteiger partial charge in [0.2, 0.25) is 0 Å². The van der Waals surface area contributed by atoms with Gasteiger partial charge in [0.15, 0.2) is 0 Å². The number of hydrogen-bond acceptors (Lipinski definition) is 3. The van der Waals surface area contributed by atoms with E-state index < -0.39 is 15.4 Å². The van der Waals surface area contributed by atoms with Crippen molar-refractivity contribution in [2.45, 2.75) is 11.7 Å². The van der Waals surface area contributed by atoms with Crippen LogP contribution in [0.25, 0.3) is 0 Å². The van der Waals surface area contributed by atoms with E-state index in [4.69, 9.17) is 10.3 Å². The van der Waals surface area contributed by atoms with Crippen LogP contribution in [-0.4, -0.2) is 24.8 Å². The van der Waals surface area contributed by atoms with Crippen molar-refractivity contribution in [1.82, 2.24) is 0 Å². The van der Waals surface area contributed by atoms with Crippen LogP contribution < -0.4 is 5.73 Å². The molecule has 0 bridgehead atoms. The molecule has 54 valence electrons. The Labute approximate surface area is 53.8 Å². The Morgan fingerprint density at radius 2 is 2.22 bits per heavy atom. The third-order valence-corrected chi connectivity index (χ3v) is 2.89. The van der Waals surface area contributed by atoms with Gasteiger partial charge < -0.3 is 5.73 Å². The van der Waals surface area contributed by atoms with Gasteiger partial charge in [-0.1, -0.05) is 0 Å². The second-order valence-corrected chi connectivity index (χ2v) is 3.92. The molecule has 0 unspecified atom stereocenters. The van der Waals surface area contributed by atoms with E-state index in [1.165, 1.54) is 0 Å². The van der Waals surface area contributed by atoms with Crippen molar-refractivity contribution in [2.24, 2.45) is 11.7 Å². The van der Waals surface area contributed by atoms with Crippen LogP contribution in [0.4, 0.5) is 0 Å². The first-order chi connectivity index (χ1) is 4.05. The molecule has 0 heterocycles.